The van der Waals surface area contributed by atoms with Crippen molar-refractivity contribution in [1.82, 2.24) is 10.2 Å². The molecule has 0 spiro atoms. The van der Waals surface area contributed by atoms with E-state index in [0.29, 0.717) is 6.04 Å². The van der Waals surface area contributed by atoms with Gasteiger partial charge in [-0.25, -0.2) is 8.78 Å². The molecule has 3 nitrogen and oxygen atoms in total. The molecule has 1 aromatic carbocycles. The Labute approximate surface area is 118 Å². The lowest BCUT2D eigenvalue weighted by Gasteiger charge is -2.32. The summed E-state index contributed by atoms with van der Waals surface area (Å²) in [6, 6.07) is 3.60. The van der Waals surface area contributed by atoms with E-state index in [1.165, 1.54) is 12.8 Å². The van der Waals surface area contributed by atoms with E-state index in [2.05, 4.69) is 17.3 Å². The highest BCUT2D eigenvalue weighted by Gasteiger charge is 2.19. The molecule has 0 saturated carbocycles. The van der Waals surface area contributed by atoms with Gasteiger partial charge in [0.05, 0.1) is 6.10 Å². The van der Waals surface area contributed by atoms with Gasteiger partial charge in [0.25, 0.3) is 0 Å². The van der Waals surface area contributed by atoms with Crippen molar-refractivity contribution in [3.63, 3.8) is 0 Å². The minimum atomic E-state index is -1.03. The van der Waals surface area contributed by atoms with Crippen molar-refractivity contribution in [2.75, 3.05) is 26.7 Å². The molecule has 2 unspecified atom stereocenters. The number of nitrogens with one attached hydrogen (secondary N) is 1. The largest absolute Gasteiger partial charge is 0.387 e. The monoisotopic (exact) mass is 284 g/mol. The second-order valence-electron chi connectivity index (χ2n) is 5.47. The molecule has 1 aromatic rings. The zero-order valence-electron chi connectivity index (χ0n) is 11.8. The van der Waals surface area contributed by atoms with Crippen LogP contribution in [0.5, 0.6) is 0 Å². The Morgan fingerprint density at radius 2 is 2.20 bits per heavy atom. The number of likely N-dealkylation sites (tertiary alicyclic amines) is 1. The average molecular weight is 284 g/mol. The minimum absolute atomic E-state index is 0.00880. The number of aliphatic hydroxyl groups excluding tert-OH is 1. The van der Waals surface area contributed by atoms with Crippen molar-refractivity contribution in [1.29, 1.82) is 0 Å². The van der Waals surface area contributed by atoms with Crippen LogP contribution in [-0.2, 0) is 0 Å². The van der Waals surface area contributed by atoms with E-state index in [0.717, 1.165) is 37.7 Å². The molecule has 20 heavy (non-hydrogen) atoms. The van der Waals surface area contributed by atoms with Crippen molar-refractivity contribution >= 4 is 0 Å². The summed E-state index contributed by atoms with van der Waals surface area (Å²) in [5.41, 5.74) is 0.00880. The Balaban J connectivity index is 1.82. The first-order valence-electron chi connectivity index (χ1n) is 7.12. The third-order valence-electron chi connectivity index (χ3n) is 3.96. The lowest BCUT2D eigenvalue weighted by atomic mass is 10.0. The van der Waals surface area contributed by atoms with Gasteiger partial charge in [-0.3, -0.25) is 0 Å². The molecular weight excluding hydrogens is 262 g/mol. The van der Waals surface area contributed by atoms with Crippen LogP contribution in [0.4, 0.5) is 8.78 Å². The summed E-state index contributed by atoms with van der Waals surface area (Å²) in [5, 5.41) is 13.1. The smallest absolute Gasteiger partial charge is 0.129 e. The topological polar surface area (TPSA) is 35.5 Å². The molecule has 1 aliphatic heterocycles. The number of nitrogens with zero attached hydrogens (tertiary/aromatic N) is 1. The lowest BCUT2D eigenvalue weighted by Crippen LogP contribution is -2.43. The Morgan fingerprint density at radius 3 is 2.95 bits per heavy atom. The number of rotatable bonds is 5. The van der Waals surface area contributed by atoms with Crippen molar-refractivity contribution in [3.8, 4) is 0 Å². The first kappa shape index (κ1) is 15.4. The van der Waals surface area contributed by atoms with Crippen molar-refractivity contribution in [2.45, 2.75) is 31.4 Å². The lowest BCUT2D eigenvalue weighted by molar-refractivity contribution is 0.150. The van der Waals surface area contributed by atoms with E-state index in [4.69, 9.17) is 0 Å². The molecule has 0 aliphatic carbocycles. The van der Waals surface area contributed by atoms with Gasteiger partial charge in [0.2, 0.25) is 0 Å². The first-order valence-corrected chi connectivity index (χ1v) is 7.12. The van der Waals surface area contributed by atoms with Gasteiger partial charge in [0.1, 0.15) is 11.6 Å². The Kier molecular flexibility index (Phi) is 5.46. The van der Waals surface area contributed by atoms with Crippen LogP contribution < -0.4 is 5.32 Å². The maximum atomic E-state index is 13.5. The van der Waals surface area contributed by atoms with Crippen LogP contribution >= 0.6 is 0 Å². The molecule has 1 aliphatic rings. The van der Waals surface area contributed by atoms with Crippen molar-refractivity contribution < 1.29 is 13.9 Å². The van der Waals surface area contributed by atoms with Crippen molar-refractivity contribution in [2.24, 2.45) is 0 Å². The summed E-state index contributed by atoms with van der Waals surface area (Å²) in [7, 11) is 2.09. The highest BCUT2D eigenvalue weighted by Crippen LogP contribution is 2.18. The highest BCUT2D eigenvalue weighted by molar-refractivity contribution is 5.21. The maximum Gasteiger partial charge on any atom is 0.129 e. The summed E-state index contributed by atoms with van der Waals surface area (Å²) in [6.45, 7) is 2.07. The highest BCUT2D eigenvalue weighted by atomic mass is 19.1. The number of hydrogen-bond donors (Lipinski definition) is 2. The zero-order valence-corrected chi connectivity index (χ0v) is 11.8. The van der Waals surface area contributed by atoms with Crippen LogP contribution in [0.1, 0.15) is 30.9 Å². The van der Waals surface area contributed by atoms with Crippen LogP contribution in [-0.4, -0.2) is 42.7 Å². The van der Waals surface area contributed by atoms with Crippen LogP contribution in [0.15, 0.2) is 18.2 Å². The molecule has 0 aromatic heterocycles. The van der Waals surface area contributed by atoms with Gasteiger partial charge in [0, 0.05) is 24.7 Å². The summed E-state index contributed by atoms with van der Waals surface area (Å²) >= 11 is 0. The first-order chi connectivity index (χ1) is 9.58. The standard InChI is InChI=1S/C15H22F2N2O/c1-19-7-3-2-4-12(19)9-18-10-15(20)13-8-11(16)5-6-14(13)17/h5-6,8,12,15,18,20H,2-4,7,9-10H2,1H3. The van der Waals surface area contributed by atoms with Gasteiger partial charge in [-0.1, -0.05) is 6.42 Å². The number of hydrogen-bond acceptors (Lipinski definition) is 3. The van der Waals surface area contributed by atoms with Crippen molar-refractivity contribution in [3.05, 3.63) is 35.4 Å². The van der Waals surface area contributed by atoms with E-state index >= 15 is 0 Å². The van der Waals surface area contributed by atoms with Crippen LogP contribution in [0.3, 0.4) is 0 Å². The second kappa shape index (κ2) is 7.11. The molecule has 2 atom stereocenters. The molecule has 0 radical (unpaired) electrons. The summed E-state index contributed by atoms with van der Waals surface area (Å²) in [4.78, 5) is 2.30. The second-order valence-corrected chi connectivity index (χ2v) is 5.47. The van der Waals surface area contributed by atoms with Gasteiger partial charge in [-0.05, 0) is 44.6 Å². The number of piperidine rings is 1. The summed E-state index contributed by atoms with van der Waals surface area (Å²) < 4.78 is 26.6. The summed E-state index contributed by atoms with van der Waals surface area (Å²) in [6.07, 6.45) is 2.55. The number of benzene rings is 1. The van der Waals surface area contributed by atoms with E-state index in [1.807, 2.05) is 0 Å². The molecular formula is C15H22F2N2O. The molecule has 2 N–H and O–H groups in total. The van der Waals surface area contributed by atoms with E-state index in [-0.39, 0.29) is 12.1 Å². The fourth-order valence-corrected chi connectivity index (χ4v) is 2.67. The van der Waals surface area contributed by atoms with Crippen LogP contribution in [0, 0.1) is 11.6 Å². The average Bonchev–Trinajstić information content (AvgIpc) is 2.43. The Hall–Kier alpha value is -1.04. The zero-order chi connectivity index (χ0) is 14.5. The van der Waals surface area contributed by atoms with Gasteiger partial charge in [-0.2, -0.15) is 0 Å². The molecule has 5 heteroatoms. The Morgan fingerprint density at radius 1 is 1.40 bits per heavy atom. The normalized spacial score (nSPS) is 21.9. The third kappa shape index (κ3) is 3.98. The molecule has 1 heterocycles. The van der Waals surface area contributed by atoms with Crippen LogP contribution in [0.2, 0.25) is 0 Å². The molecule has 2 rings (SSSR count). The third-order valence-corrected chi connectivity index (χ3v) is 3.96. The fourth-order valence-electron chi connectivity index (χ4n) is 2.67. The molecule has 1 saturated heterocycles. The fraction of sp³-hybridized carbons (Fsp3) is 0.600. The SMILES string of the molecule is CN1CCCCC1CNCC(O)c1cc(F)ccc1F. The number of likely N-dealkylation sites (N-methyl/N-ethyl adjacent to an activating group) is 1. The molecule has 0 bridgehead atoms. The van der Waals surface area contributed by atoms with Gasteiger partial charge < -0.3 is 15.3 Å². The quantitative estimate of drug-likeness (QED) is 0.869. The van der Waals surface area contributed by atoms with Gasteiger partial charge >= 0.3 is 0 Å². The predicted molar refractivity (Wildman–Crippen MR) is 74.5 cm³/mol. The van der Waals surface area contributed by atoms with Gasteiger partial charge in [0.15, 0.2) is 0 Å². The molecule has 0 amide bonds. The van der Waals surface area contributed by atoms with Gasteiger partial charge in [-0.15, -0.1) is 0 Å². The Bertz CT molecular complexity index is 442. The predicted octanol–water partition coefficient (Wildman–Crippen LogP) is 2.07. The van der Waals surface area contributed by atoms with E-state index in [9.17, 15) is 13.9 Å². The maximum absolute atomic E-state index is 13.5. The van der Waals surface area contributed by atoms with E-state index < -0.39 is 17.7 Å². The van der Waals surface area contributed by atoms with Crippen LogP contribution in [0.25, 0.3) is 0 Å². The molecule has 1 fully saturated rings. The molecule has 112 valence electrons. The number of halogens is 2. The minimum Gasteiger partial charge on any atom is -0.387 e. The number of aliphatic hydroxyl groups is 1. The summed E-state index contributed by atoms with van der Waals surface area (Å²) in [5.74, 6) is -1.11. The van der Waals surface area contributed by atoms with E-state index in [1.54, 1.807) is 0 Å².